The van der Waals surface area contributed by atoms with E-state index in [1.165, 1.54) is 5.52 Å². The molecule has 1 aromatic carbocycles. The van der Waals surface area contributed by atoms with Crippen molar-refractivity contribution < 1.29 is 5.11 Å². The predicted octanol–water partition coefficient (Wildman–Crippen LogP) is 2.55. The Kier molecular flexibility index (Phi) is 5.15. The zero-order chi connectivity index (χ0) is 14.5. The van der Waals surface area contributed by atoms with Gasteiger partial charge < -0.3 is 15.0 Å². The predicted molar refractivity (Wildman–Crippen MR) is 82.6 cm³/mol. The first-order valence-electron chi connectivity index (χ1n) is 7.45. The lowest BCUT2D eigenvalue weighted by Gasteiger charge is -2.21. The molecule has 2 rings (SSSR count). The number of aliphatic hydroxyl groups excluding tert-OH is 1. The van der Waals surface area contributed by atoms with E-state index in [1.54, 1.807) is 0 Å². The van der Waals surface area contributed by atoms with Crippen molar-refractivity contribution in [3.8, 4) is 0 Å². The molecule has 0 fully saturated rings. The smallest absolute Gasteiger partial charge is 0.123 e. The summed E-state index contributed by atoms with van der Waals surface area (Å²) in [6.45, 7) is 8.38. The Morgan fingerprint density at radius 3 is 2.70 bits per heavy atom. The molecule has 0 aliphatic carbocycles. The molecule has 1 unspecified atom stereocenters. The van der Waals surface area contributed by atoms with Crippen molar-refractivity contribution >= 4 is 11.0 Å². The molecule has 4 heteroatoms. The lowest BCUT2D eigenvalue weighted by Crippen LogP contribution is -2.35. The number of imidazole rings is 1. The van der Waals surface area contributed by atoms with E-state index in [4.69, 9.17) is 10.1 Å². The minimum Gasteiger partial charge on any atom is -0.396 e. The first kappa shape index (κ1) is 15.0. The molecule has 0 saturated carbocycles. The van der Waals surface area contributed by atoms with Crippen LogP contribution in [0.15, 0.2) is 24.3 Å². The van der Waals surface area contributed by atoms with Gasteiger partial charge in [0.25, 0.3) is 0 Å². The summed E-state index contributed by atoms with van der Waals surface area (Å²) in [5.41, 5.74) is 2.24. The fourth-order valence-electron chi connectivity index (χ4n) is 2.65. The monoisotopic (exact) mass is 275 g/mol. The Labute approximate surface area is 120 Å². The van der Waals surface area contributed by atoms with Gasteiger partial charge in [0, 0.05) is 19.2 Å². The maximum Gasteiger partial charge on any atom is 0.123 e. The molecule has 2 aromatic rings. The summed E-state index contributed by atoms with van der Waals surface area (Å²) in [4.78, 5) is 4.71. The van der Waals surface area contributed by atoms with Crippen LogP contribution in [0.4, 0.5) is 0 Å². The highest BCUT2D eigenvalue weighted by Gasteiger charge is 2.14. The Morgan fingerprint density at radius 1 is 1.30 bits per heavy atom. The maximum atomic E-state index is 9.14. The van der Waals surface area contributed by atoms with Gasteiger partial charge >= 0.3 is 0 Å². The fraction of sp³-hybridized carbons (Fsp3) is 0.562. The van der Waals surface area contributed by atoms with E-state index in [9.17, 15) is 0 Å². The first-order chi connectivity index (χ1) is 9.67. The summed E-state index contributed by atoms with van der Waals surface area (Å²) >= 11 is 0. The summed E-state index contributed by atoms with van der Waals surface area (Å²) < 4.78 is 2.25. The standard InChI is InChI=1S/C16H25N3O/c1-4-19-15-8-6-5-7-14(15)18-16(19)11-17-13(9-10-20)12(2)3/h5-8,12-13,17,20H,4,9-11H2,1-3H3. The summed E-state index contributed by atoms with van der Waals surface area (Å²) in [5, 5.41) is 12.7. The van der Waals surface area contributed by atoms with Crippen LogP contribution in [-0.4, -0.2) is 27.3 Å². The van der Waals surface area contributed by atoms with Gasteiger partial charge in [0.05, 0.1) is 17.6 Å². The summed E-state index contributed by atoms with van der Waals surface area (Å²) in [6.07, 6.45) is 0.782. The number of rotatable bonds is 7. The van der Waals surface area contributed by atoms with Crippen molar-refractivity contribution in [3.63, 3.8) is 0 Å². The number of hydrogen-bond acceptors (Lipinski definition) is 3. The van der Waals surface area contributed by atoms with Crippen molar-refractivity contribution in [1.29, 1.82) is 0 Å². The van der Waals surface area contributed by atoms with Crippen molar-refractivity contribution in [2.24, 2.45) is 5.92 Å². The average molecular weight is 275 g/mol. The number of hydrogen-bond donors (Lipinski definition) is 2. The summed E-state index contributed by atoms with van der Waals surface area (Å²) in [6, 6.07) is 8.57. The number of fused-ring (bicyclic) bond motifs is 1. The molecule has 20 heavy (non-hydrogen) atoms. The lowest BCUT2D eigenvalue weighted by molar-refractivity contribution is 0.243. The van der Waals surface area contributed by atoms with Crippen LogP contribution in [0.2, 0.25) is 0 Å². The van der Waals surface area contributed by atoms with Gasteiger partial charge in [-0.25, -0.2) is 4.98 Å². The fourth-order valence-corrected chi connectivity index (χ4v) is 2.65. The highest BCUT2D eigenvalue weighted by Crippen LogP contribution is 2.16. The molecule has 1 atom stereocenters. The van der Waals surface area contributed by atoms with Gasteiger partial charge in [0.2, 0.25) is 0 Å². The van der Waals surface area contributed by atoms with Gasteiger partial charge in [-0.2, -0.15) is 0 Å². The van der Waals surface area contributed by atoms with Gasteiger partial charge in [-0.15, -0.1) is 0 Å². The minimum absolute atomic E-state index is 0.222. The molecule has 0 bridgehead atoms. The number of benzene rings is 1. The van der Waals surface area contributed by atoms with Crippen LogP contribution in [0, 0.1) is 5.92 Å². The molecule has 110 valence electrons. The van der Waals surface area contributed by atoms with Gasteiger partial charge in [-0.1, -0.05) is 26.0 Å². The van der Waals surface area contributed by atoms with Crippen LogP contribution in [-0.2, 0) is 13.1 Å². The number of nitrogens with zero attached hydrogens (tertiary/aromatic N) is 2. The van der Waals surface area contributed by atoms with Crippen molar-refractivity contribution in [2.75, 3.05) is 6.61 Å². The number of nitrogens with one attached hydrogen (secondary N) is 1. The van der Waals surface area contributed by atoms with Crippen LogP contribution in [0.1, 0.15) is 33.0 Å². The molecular weight excluding hydrogens is 250 g/mol. The second-order valence-corrected chi connectivity index (χ2v) is 5.50. The number of para-hydroxylation sites is 2. The quantitative estimate of drug-likeness (QED) is 0.816. The highest BCUT2D eigenvalue weighted by atomic mass is 16.3. The van der Waals surface area contributed by atoms with E-state index >= 15 is 0 Å². The van der Waals surface area contributed by atoms with Crippen LogP contribution in [0.25, 0.3) is 11.0 Å². The number of aliphatic hydroxyl groups is 1. The molecule has 4 nitrogen and oxygen atoms in total. The van der Waals surface area contributed by atoms with E-state index < -0.39 is 0 Å². The second-order valence-electron chi connectivity index (χ2n) is 5.50. The van der Waals surface area contributed by atoms with Gasteiger partial charge in [-0.3, -0.25) is 0 Å². The first-order valence-corrected chi connectivity index (χ1v) is 7.45. The second kappa shape index (κ2) is 6.86. The zero-order valence-electron chi connectivity index (χ0n) is 12.6. The minimum atomic E-state index is 0.222. The zero-order valence-corrected chi connectivity index (χ0v) is 12.6. The normalized spacial score (nSPS) is 13.2. The molecule has 1 heterocycles. The van der Waals surface area contributed by atoms with E-state index in [2.05, 4.69) is 48.9 Å². The summed E-state index contributed by atoms with van der Waals surface area (Å²) in [5.74, 6) is 1.57. The largest absolute Gasteiger partial charge is 0.396 e. The lowest BCUT2D eigenvalue weighted by atomic mass is 10.0. The van der Waals surface area contributed by atoms with Crippen molar-refractivity contribution in [2.45, 2.75) is 46.3 Å². The molecule has 2 N–H and O–H groups in total. The molecule has 0 spiro atoms. The maximum absolute atomic E-state index is 9.14. The SMILES string of the molecule is CCn1c(CNC(CCO)C(C)C)nc2ccccc21. The molecular formula is C16H25N3O. The van der Waals surface area contributed by atoms with E-state index in [1.807, 2.05) is 6.07 Å². The number of aromatic nitrogens is 2. The Hall–Kier alpha value is -1.39. The van der Waals surface area contributed by atoms with Crippen molar-refractivity contribution in [3.05, 3.63) is 30.1 Å². The van der Waals surface area contributed by atoms with Crippen molar-refractivity contribution in [1.82, 2.24) is 14.9 Å². The van der Waals surface area contributed by atoms with E-state index in [0.717, 1.165) is 30.9 Å². The third-order valence-electron chi connectivity index (χ3n) is 3.82. The van der Waals surface area contributed by atoms with Gasteiger partial charge in [0.15, 0.2) is 0 Å². The molecule has 0 aliphatic heterocycles. The summed E-state index contributed by atoms with van der Waals surface area (Å²) in [7, 11) is 0. The molecule has 1 aromatic heterocycles. The highest BCUT2D eigenvalue weighted by molar-refractivity contribution is 5.75. The molecule has 0 amide bonds. The van der Waals surface area contributed by atoms with Crippen LogP contribution in [0.5, 0.6) is 0 Å². The third kappa shape index (κ3) is 3.19. The Bertz CT molecular complexity index is 548. The van der Waals surface area contributed by atoms with E-state index in [-0.39, 0.29) is 6.61 Å². The van der Waals surface area contributed by atoms with Gasteiger partial charge in [0.1, 0.15) is 5.82 Å². The molecule has 0 radical (unpaired) electrons. The Morgan fingerprint density at radius 2 is 2.05 bits per heavy atom. The molecule has 0 aliphatic rings. The number of aryl methyl sites for hydroxylation is 1. The Balaban J connectivity index is 2.16. The van der Waals surface area contributed by atoms with Crippen LogP contribution in [0.3, 0.4) is 0 Å². The molecule has 0 saturated heterocycles. The average Bonchev–Trinajstić information content (AvgIpc) is 2.80. The van der Waals surface area contributed by atoms with Gasteiger partial charge in [-0.05, 0) is 31.4 Å². The third-order valence-corrected chi connectivity index (χ3v) is 3.82. The van der Waals surface area contributed by atoms with Crippen LogP contribution >= 0.6 is 0 Å². The topological polar surface area (TPSA) is 50.1 Å². The van der Waals surface area contributed by atoms with E-state index in [0.29, 0.717) is 12.0 Å². The van der Waals surface area contributed by atoms with Crippen LogP contribution < -0.4 is 5.32 Å².